The maximum atomic E-state index is 5.87. The first-order chi connectivity index (χ1) is 8.28. The highest BCUT2D eigenvalue weighted by atomic mass is 16.5. The van der Waals surface area contributed by atoms with Crippen molar-refractivity contribution in [3.63, 3.8) is 0 Å². The van der Waals surface area contributed by atoms with Crippen molar-refractivity contribution in [3.8, 4) is 0 Å². The molecule has 0 saturated heterocycles. The van der Waals surface area contributed by atoms with E-state index in [2.05, 4.69) is 22.6 Å². The molecule has 1 saturated carbocycles. The molecule has 1 heterocycles. The molecule has 2 rings (SSSR count). The molecule has 0 amide bonds. The Kier molecular flexibility index (Phi) is 4.50. The number of hydrogen-bond acceptors (Lipinski definition) is 4. The molecule has 1 aromatic heterocycles. The fraction of sp³-hybridized carbons (Fsp3) is 0.833. The minimum atomic E-state index is 0.395. The van der Waals surface area contributed by atoms with E-state index in [0.29, 0.717) is 18.8 Å². The molecule has 17 heavy (non-hydrogen) atoms. The molecule has 0 aromatic carbocycles. The number of nitrogens with zero attached hydrogens (tertiary/aromatic N) is 3. The molecular weight excluding hydrogens is 216 g/mol. The maximum Gasteiger partial charge on any atom is 0.108 e. The smallest absolute Gasteiger partial charge is 0.108 e. The van der Waals surface area contributed by atoms with Crippen LogP contribution in [0.5, 0.6) is 0 Å². The number of nitrogens with one attached hydrogen (secondary N) is 1. The fourth-order valence-electron chi connectivity index (χ4n) is 2.39. The van der Waals surface area contributed by atoms with E-state index in [9.17, 15) is 0 Å². The Labute approximate surface area is 103 Å². The van der Waals surface area contributed by atoms with E-state index < -0.39 is 0 Å². The molecule has 0 spiro atoms. The number of ether oxygens (including phenoxy) is 1. The van der Waals surface area contributed by atoms with Gasteiger partial charge in [-0.3, -0.25) is 4.68 Å². The van der Waals surface area contributed by atoms with Crippen LogP contribution >= 0.6 is 0 Å². The summed E-state index contributed by atoms with van der Waals surface area (Å²) in [7, 11) is 1.87. The van der Waals surface area contributed by atoms with Gasteiger partial charge in [0.25, 0.3) is 0 Å². The third-order valence-electron chi connectivity index (χ3n) is 3.28. The zero-order valence-corrected chi connectivity index (χ0v) is 10.7. The monoisotopic (exact) mass is 238 g/mol. The summed E-state index contributed by atoms with van der Waals surface area (Å²) in [5.41, 5.74) is 0.918. The third-order valence-corrected chi connectivity index (χ3v) is 3.28. The summed E-state index contributed by atoms with van der Waals surface area (Å²) in [6.45, 7) is 3.82. The Balaban J connectivity index is 1.68. The van der Waals surface area contributed by atoms with Crippen molar-refractivity contribution in [2.24, 2.45) is 7.05 Å². The molecular formula is C12H22N4O. The molecule has 5 nitrogen and oxygen atoms in total. The Hall–Kier alpha value is -0.940. The second kappa shape index (κ2) is 6.12. The second-order valence-electron chi connectivity index (χ2n) is 4.73. The Morgan fingerprint density at radius 1 is 1.41 bits per heavy atom. The molecule has 1 aliphatic carbocycles. The summed E-state index contributed by atoms with van der Waals surface area (Å²) < 4.78 is 7.57. The van der Waals surface area contributed by atoms with Crippen LogP contribution in [0.1, 0.15) is 38.3 Å². The summed E-state index contributed by atoms with van der Waals surface area (Å²) in [4.78, 5) is 0. The van der Waals surface area contributed by atoms with Crippen molar-refractivity contribution < 1.29 is 4.74 Å². The van der Waals surface area contributed by atoms with E-state index in [1.807, 2.05) is 13.2 Å². The van der Waals surface area contributed by atoms with Crippen molar-refractivity contribution in [2.45, 2.75) is 51.4 Å². The van der Waals surface area contributed by atoms with Crippen molar-refractivity contribution in [1.82, 2.24) is 20.3 Å². The van der Waals surface area contributed by atoms with Gasteiger partial charge in [0.05, 0.1) is 18.9 Å². The molecule has 1 fully saturated rings. The Morgan fingerprint density at radius 2 is 2.18 bits per heavy atom. The highest BCUT2D eigenvalue weighted by Gasteiger charge is 2.20. The van der Waals surface area contributed by atoms with Crippen molar-refractivity contribution in [1.29, 1.82) is 0 Å². The van der Waals surface area contributed by atoms with Crippen LogP contribution in [-0.4, -0.2) is 33.7 Å². The van der Waals surface area contributed by atoms with Gasteiger partial charge in [-0.15, -0.1) is 5.10 Å². The van der Waals surface area contributed by atoms with Crippen LogP contribution in [0.3, 0.4) is 0 Å². The van der Waals surface area contributed by atoms with Gasteiger partial charge in [-0.05, 0) is 32.2 Å². The van der Waals surface area contributed by atoms with Crippen LogP contribution in [0, 0.1) is 0 Å². The SMILES string of the molecule is CCNC1CCC(OCc2cn(C)nn2)CC1. The van der Waals surface area contributed by atoms with E-state index in [1.54, 1.807) is 4.68 Å². The summed E-state index contributed by atoms with van der Waals surface area (Å²) in [6, 6.07) is 0.691. The molecule has 0 unspecified atom stereocenters. The van der Waals surface area contributed by atoms with Crippen molar-refractivity contribution in [2.75, 3.05) is 6.54 Å². The molecule has 0 radical (unpaired) electrons. The lowest BCUT2D eigenvalue weighted by molar-refractivity contribution is 0.00989. The van der Waals surface area contributed by atoms with Crippen LogP contribution in [0.25, 0.3) is 0 Å². The van der Waals surface area contributed by atoms with Crippen LogP contribution in [0.4, 0.5) is 0 Å². The summed E-state index contributed by atoms with van der Waals surface area (Å²) in [6.07, 6.45) is 7.05. The zero-order valence-electron chi connectivity index (χ0n) is 10.7. The van der Waals surface area contributed by atoms with Gasteiger partial charge in [-0.25, -0.2) is 0 Å². The number of aromatic nitrogens is 3. The highest BCUT2D eigenvalue weighted by molar-refractivity contribution is 4.89. The molecule has 96 valence electrons. The molecule has 1 aromatic rings. The molecule has 1 N–H and O–H groups in total. The first kappa shape index (κ1) is 12.5. The quantitative estimate of drug-likeness (QED) is 0.839. The van der Waals surface area contributed by atoms with Crippen LogP contribution in [-0.2, 0) is 18.4 Å². The number of hydrogen-bond donors (Lipinski definition) is 1. The normalized spacial score (nSPS) is 25.1. The van der Waals surface area contributed by atoms with Crippen LogP contribution < -0.4 is 5.32 Å². The maximum absolute atomic E-state index is 5.87. The van der Waals surface area contributed by atoms with Gasteiger partial charge in [-0.1, -0.05) is 12.1 Å². The van der Waals surface area contributed by atoms with E-state index in [1.165, 1.54) is 12.8 Å². The van der Waals surface area contributed by atoms with Crippen molar-refractivity contribution in [3.05, 3.63) is 11.9 Å². The largest absolute Gasteiger partial charge is 0.372 e. The molecule has 1 aliphatic rings. The lowest BCUT2D eigenvalue weighted by Crippen LogP contribution is -2.35. The molecule has 5 heteroatoms. The first-order valence-electron chi connectivity index (χ1n) is 6.48. The lowest BCUT2D eigenvalue weighted by Gasteiger charge is -2.28. The number of aryl methyl sites for hydroxylation is 1. The Morgan fingerprint density at radius 3 is 2.76 bits per heavy atom. The molecule has 0 bridgehead atoms. The van der Waals surface area contributed by atoms with Crippen molar-refractivity contribution >= 4 is 0 Å². The van der Waals surface area contributed by atoms with Gasteiger partial charge >= 0.3 is 0 Å². The van der Waals surface area contributed by atoms with Crippen LogP contribution in [0.15, 0.2) is 6.20 Å². The highest BCUT2D eigenvalue weighted by Crippen LogP contribution is 2.21. The van der Waals surface area contributed by atoms with Gasteiger partial charge in [0.1, 0.15) is 5.69 Å². The first-order valence-corrected chi connectivity index (χ1v) is 6.48. The minimum Gasteiger partial charge on any atom is -0.372 e. The fourth-order valence-corrected chi connectivity index (χ4v) is 2.39. The van der Waals surface area contributed by atoms with Gasteiger partial charge in [0, 0.05) is 13.1 Å². The number of rotatable bonds is 5. The summed E-state index contributed by atoms with van der Waals surface area (Å²) in [5.74, 6) is 0. The second-order valence-corrected chi connectivity index (χ2v) is 4.73. The van der Waals surface area contributed by atoms with Gasteiger partial charge in [-0.2, -0.15) is 0 Å². The third kappa shape index (κ3) is 3.78. The van der Waals surface area contributed by atoms with E-state index >= 15 is 0 Å². The van der Waals surface area contributed by atoms with E-state index in [4.69, 9.17) is 4.74 Å². The summed E-state index contributed by atoms with van der Waals surface area (Å²) >= 11 is 0. The molecule has 0 aliphatic heterocycles. The predicted molar refractivity (Wildman–Crippen MR) is 65.5 cm³/mol. The van der Waals surface area contributed by atoms with Gasteiger partial charge < -0.3 is 10.1 Å². The van der Waals surface area contributed by atoms with E-state index in [0.717, 1.165) is 25.1 Å². The standard InChI is InChI=1S/C12H22N4O/c1-3-13-10-4-6-12(7-5-10)17-9-11-8-16(2)15-14-11/h8,10,12-13H,3-7,9H2,1-2H3. The zero-order chi connectivity index (χ0) is 12.1. The molecule has 0 atom stereocenters. The van der Waals surface area contributed by atoms with Crippen LogP contribution in [0.2, 0.25) is 0 Å². The summed E-state index contributed by atoms with van der Waals surface area (Å²) in [5, 5.41) is 11.4. The lowest BCUT2D eigenvalue weighted by atomic mass is 9.93. The topological polar surface area (TPSA) is 52.0 Å². The Bertz CT molecular complexity index is 331. The minimum absolute atomic E-state index is 0.395. The van der Waals surface area contributed by atoms with E-state index in [-0.39, 0.29) is 0 Å². The van der Waals surface area contributed by atoms with Gasteiger partial charge in [0.15, 0.2) is 0 Å². The average Bonchev–Trinajstić information content (AvgIpc) is 2.75. The average molecular weight is 238 g/mol. The van der Waals surface area contributed by atoms with Gasteiger partial charge in [0.2, 0.25) is 0 Å². The predicted octanol–water partition coefficient (Wildman–Crippen LogP) is 1.25.